The number of hydrogen-bond acceptors (Lipinski definition) is 4. The molecule has 0 saturated carbocycles. The highest BCUT2D eigenvalue weighted by Crippen LogP contribution is 2.08. The van der Waals surface area contributed by atoms with Crippen LogP contribution in [0.1, 0.15) is 5.69 Å². The Balaban J connectivity index is 1.66. The fourth-order valence-electron chi connectivity index (χ4n) is 2.06. The number of para-hydroxylation sites is 1. The molecule has 1 aromatic heterocycles. The van der Waals surface area contributed by atoms with Crippen molar-refractivity contribution in [3.63, 3.8) is 0 Å². The third-order valence-electron chi connectivity index (χ3n) is 3.18. The zero-order chi connectivity index (χ0) is 14.9. The highest BCUT2D eigenvalue weighted by atomic mass is 16.5. The molecule has 112 valence electrons. The summed E-state index contributed by atoms with van der Waals surface area (Å²) in [5, 5.41) is 10.00. The second-order valence-corrected chi connectivity index (χ2v) is 5.11. The summed E-state index contributed by atoms with van der Waals surface area (Å²) < 4.78 is 5.54. The SMILES string of the molecule is CN(CCc1ccccn1)CC(O)COc1ccccc1. The molecule has 21 heavy (non-hydrogen) atoms. The lowest BCUT2D eigenvalue weighted by Crippen LogP contribution is -2.34. The summed E-state index contributed by atoms with van der Waals surface area (Å²) in [6.45, 7) is 1.75. The molecule has 0 saturated heterocycles. The average Bonchev–Trinajstić information content (AvgIpc) is 2.53. The number of aromatic nitrogens is 1. The number of likely N-dealkylation sites (N-methyl/N-ethyl adjacent to an activating group) is 1. The van der Waals surface area contributed by atoms with Gasteiger partial charge in [-0.05, 0) is 31.3 Å². The minimum absolute atomic E-state index is 0.304. The van der Waals surface area contributed by atoms with Gasteiger partial charge in [-0.2, -0.15) is 0 Å². The van der Waals surface area contributed by atoms with E-state index in [1.54, 1.807) is 6.20 Å². The topological polar surface area (TPSA) is 45.6 Å². The van der Waals surface area contributed by atoms with Gasteiger partial charge in [-0.1, -0.05) is 24.3 Å². The van der Waals surface area contributed by atoms with Gasteiger partial charge in [0.05, 0.1) is 0 Å². The maximum absolute atomic E-state index is 10.00. The molecule has 0 amide bonds. The maximum Gasteiger partial charge on any atom is 0.119 e. The Bertz CT molecular complexity index is 457. The van der Waals surface area contributed by atoms with Gasteiger partial charge in [0.25, 0.3) is 0 Å². The first kappa shape index (κ1) is 15.5. The van der Waals surface area contributed by atoms with Crippen LogP contribution < -0.4 is 4.74 Å². The van der Waals surface area contributed by atoms with Crippen molar-refractivity contribution >= 4 is 0 Å². The maximum atomic E-state index is 10.00. The lowest BCUT2D eigenvalue weighted by molar-refractivity contribution is 0.0766. The molecule has 2 aromatic rings. The first-order chi connectivity index (χ1) is 10.2. The molecule has 0 radical (unpaired) electrons. The van der Waals surface area contributed by atoms with Crippen molar-refractivity contribution < 1.29 is 9.84 Å². The van der Waals surface area contributed by atoms with Crippen molar-refractivity contribution in [1.29, 1.82) is 0 Å². The molecule has 1 aromatic carbocycles. The standard InChI is InChI=1S/C17H22N2O2/c1-19(12-10-15-7-5-6-11-18-15)13-16(20)14-21-17-8-3-2-4-9-17/h2-9,11,16,20H,10,12-14H2,1H3. The molecule has 0 fully saturated rings. The molecular weight excluding hydrogens is 264 g/mol. The summed E-state index contributed by atoms with van der Waals surface area (Å²) >= 11 is 0. The van der Waals surface area contributed by atoms with Crippen LogP contribution in [0.3, 0.4) is 0 Å². The molecule has 0 bridgehead atoms. The van der Waals surface area contributed by atoms with Crippen molar-refractivity contribution in [3.05, 3.63) is 60.4 Å². The molecule has 0 spiro atoms. The molecular formula is C17H22N2O2. The summed E-state index contributed by atoms with van der Waals surface area (Å²) in [5.41, 5.74) is 1.07. The highest BCUT2D eigenvalue weighted by molar-refractivity contribution is 5.20. The van der Waals surface area contributed by atoms with Crippen LogP contribution in [-0.2, 0) is 6.42 Å². The van der Waals surface area contributed by atoms with Gasteiger partial charge in [0.15, 0.2) is 0 Å². The number of ether oxygens (including phenoxy) is 1. The van der Waals surface area contributed by atoms with E-state index in [1.807, 2.05) is 55.6 Å². The van der Waals surface area contributed by atoms with E-state index in [0.29, 0.717) is 13.2 Å². The van der Waals surface area contributed by atoms with Gasteiger partial charge in [0.1, 0.15) is 18.5 Å². The van der Waals surface area contributed by atoms with E-state index in [0.717, 1.165) is 24.4 Å². The van der Waals surface area contributed by atoms with Gasteiger partial charge in [0, 0.05) is 31.4 Å². The summed E-state index contributed by atoms with van der Waals surface area (Å²) in [7, 11) is 1.99. The number of aliphatic hydroxyl groups excluding tert-OH is 1. The second kappa shape index (κ2) is 8.39. The van der Waals surface area contributed by atoms with Crippen LogP contribution >= 0.6 is 0 Å². The van der Waals surface area contributed by atoms with Gasteiger partial charge in [0.2, 0.25) is 0 Å². The number of hydrogen-bond donors (Lipinski definition) is 1. The molecule has 1 heterocycles. The number of nitrogens with zero attached hydrogens (tertiary/aromatic N) is 2. The quantitative estimate of drug-likeness (QED) is 0.806. The molecule has 4 nitrogen and oxygen atoms in total. The summed E-state index contributed by atoms with van der Waals surface area (Å²) in [6, 6.07) is 15.5. The van der Waals surface area contributed by atoms with Gasteiger partial charge in [-0.15, -0.1) is 0 Å². The van der Waals surface area contributed by atoms with Crippen LogP contribution in [0.2, 0.25) is 0 Å². The van der Waals surface area contributed by atoms with Crippen LogP contribution in [0.4, 0.5) is 0 Å². The minimum Gasteiger partial charge on any atom is -0.491 e. The van der Waals surface area contributed by atoms with Crippen LogP contribution in [0.25, 0.3) is 0 Å². The smallest absolute Gasteiger partial charge is 0.119 e. The first-order valence-corrected chi connectivity index (χ1v) is 7.18. The zero-order valence-electron chi connectivity index (χ0n) is 12.4. The molecule has 4 heteroatoms. The van der Waals surface area contributed by atoms with E-state index in [-0.39, 0.29) is 0 Å². The molecule has 0 aliphatic rings. The van der Waals surface area contributed by atoms with Gasteiger partial charge >= 0.3 is 0 Å². The van der Waals surface area contributed by atoms with E-state index >= 15 is 0 Å². The van der Waals surface area contributed by atoms with Crippen molar-refractivity contribution in [1.82, 2.24) is 9.88 Å². The van der Waals surface area contributed by atoms with E-state index in [9.17, 15) is 5.11 Å². The molecule has 1 N–H and O–H groups in total. The second-order valence-electron chi connectivity index (χ2n) is 5.11. The number of aliphatic hydroxyl groups is 1. The van der Waals surface area contributed by atoms with E-state index in [4.69, 9.17) is 4.74 Å². The Morgan fingerprint density at radius 3 is 2.62 bits per heavy atom. The number of benzene rings is 1. The van der Waals surface area contributed by atoms with Crippen molar-refractivity contribution in [2.45, 2.75) is 12.5 Å². The third kappa shape index (κ3) is 5.94. The van der Waals surface area contributed by atoms with E-state index in [2.05, 4.69) is 9.88 Å². The van der Waals surface area contributed by atoms with Crippen LogP contribution in [0.5, 0.6) is 5.75 Å². The Hall–Kier alpha value is -1.91. The molecule has 1 atom stereocenters. The predicted molar refractivity (Wildman–Crippen MR) is 83.4 cm³/mol. The summed E-state index contributed by atoms with van der Waals surface area (Å²) in [5.74, 6) is 0.785. The Labute approximate surface area is 126 Å². The van der Waals surface area contributed by atoms with Crippen molar-refractivity contribution in [2.24, 2.45) is 0 Å². The Kier molecular flexibility index (Phi) is 6.19. The highest BCUT2D eigenvalue weighted by Gasteiger charge is 2.09. The van der Waals surface area contributed by atoms with E-state index in [1.165, 1.54) is 0 Å². The van der Waals surface area contributed by atoms with Gasteiger partial charge in [-0.3, -0.25) is 4.98 Å². The fourth-order valence-corrected chi connectivity index (χ4v) is 2.06. The van der Waals surface area contributed by atoms with Crippen LogP contribution in [0, 0.1) is 0 Å². The number of pyridine rings is 1. The molecule has 1 unspecified atom stereocenters. The number of rotatable bonds is 8. The largest absolute Gasteiger partial charge is 0.491 e. The molecule has 2 rings (SSSR count). The first-order valence-electron chi connectivity index (χ1n) is 7.18. The lowest BCUT2D eigenvalue weighted by Gasteiger charge is -2.20. The van der Waals surface area contributed by atoms with E-state index < -0.39 is 6.10 Å². The fraction of sp³-hybridized carbons (Fsp3) is 0.353. The molecule has 0 aliphatic carbocycles. The minimum atomic E-state index is -0.501. The summed E-state index contributed by atoms with van der Waals surface area (Å²) in [6.07, 6.45) is 2.18. The Morgan fingerprint density at radius 1 is 1.14 bits per heavy atom. The third-order valence-corrected chi connectivity index (χ3v) is 3.18. The lowest BCUT2D eigenvalue weighted by atomic mass is 10.2. The monoisotopic (exact) mass is 286 g/mol. The van der Waals surface area contributed by atoms with Crippen LogP contribution in [0.15, 0.2) is 54.7 Å². The van der Waals surface area contributed by atoms with Gasteiger partial charge < -0.3 is 14.7 Å². The predicted octanol–water partition coefficient (Wildman–Crippen LogP) is 2.00. The van der Waals surface area contributed by atoms with Gasteiger partial charge in [-0.25, -0.2) is 0 Å². The molecule has 0 aliphatic heterocycles. The normalized spacial score (nSPS) is 12.3. The average molecular weight is 286 g/mol. The van der Waals surface area contributed by atoms with Crippen LogP contribution in [-0.4, -0.2) is 47.8 Å². The van der Waals surface area contributed by atoms with Crippen molar-refractivity contribution in [2.75, 3.05) is 26.7 Å². The zero-order valence-corrected chi connectivity index (χ0v) is 12.4. The Morgan fingerprint density at radius 2 is 1.90 bits per heavy atom. The summed E-state index contributed by atoms with van der Waals surface area (Å²) in [4.78, 5) is 6.38. The van der Waals surface area contributed by atoms with Crippen molar-refractivity contribution in [3.8, 4) is 5.75 Å².